The largest absolute Gasteiger partial charge is 0.387 e. The number of aliphatic hydroxyl groups is 1. The Bertz CT molecular complexity index is 387. The van der Waals surface area contributed by atoms with E-state index in [1.807, 2.05) is 6.08 Å². The van der Waals surface area contributed by atoms with E-state index >= 15 is 0 Å². The van der Waals surface area contributed by atoms with Gasteiger partial charge in [-0.3, -0.25) is 4.99 Å². The molecule has 0 spiro atoms. The first kappa shape index (κ1) is 8.18. The first-order chi connectivity index (χ1) is 6.86. The highest BCUT2D eigenvalue weighted by Crippen LogP contribution is 2.38. The molecule has 3 rings (SSSR count). The van der Waals surface area contributed by atoms with E-state index in [2.05, 4.69) is 23.2 Å². The van der Waals surface area contributed by atoms with E-state index < -0.39 is 0 Å². The minimum Gasteiger partial charge on any atom is -0.387 e. The van der Waals surface area contributed by atoms with Crippen molar-refractivity contribution in [2.24, 2.45) is 10.9 Å². The Morgan fingerprint density at radius 3 is 3.21 bits per heavy atom. The van der Waals surface area contributed by atoms with Gasteiger partial charge in [0.2, 0.25) is 0 Å². The number of aliphatic imine (C=N–C) groups is 1. The maximum atomic E-state index is 9.81. The second-order valence-electron chi connectivity index (χ2n) is 4.08. The summed E-state index contributed by atoms with van der Waals surface area (Å²) >= 11 is 0. The van der Waals surface area contributed by atoms with Gasteiger partial charge in [0.25, 0.3) is 0 Å². The molecule has 1 N–H and O–H groups in total. The number of hydrogen-bond acceptors (Lipinski definition) is 2. The summed E-state index contributed by atoms with van der Waals surface area (Å²) in [5, 5.41) is 9.81. The summed E-state index contributed by atoms with van der Waals surface area (Å²) in [6, 6.07) is 0. The Hall–Kier alpha value is -1.15. The van der Waals surface area contributed by atoms with Crippen molar-refractivity contribution in [1.29, 1.82) is 0 Å². The number of hydrogen-bond donors (Lipinski definition) is 1. The molecule has 0 saturated carbocycles. The topological polar surface area (TPSA) is 32.6 Å². The van der Waals surface area contributed by atoms with Gasteiger partial charge in [0.1, 0.15) is 0 Å². The van der Waals surface area contributed by atoms with E-state index in [1.165, 1.54) is 5.57 Å². The number of nitrogens with zero attached hydrogens (tertiary/aromatic N) is 1. The van der Waals surface area contributed by atoms with E-state index in [0.717, 1.165) is 30.7 Å². The summed E-state index contributed by atoms with van der Waals surface area (Å²) in [6.07, 6.45) is 11.1. The van der Waals surface area contributed by atoms with E-state index in [9.17, 15) is 5.11 Å². The fraction of sp³-hybridized carbons (Fsp3) is 0.417. The lowest BCUT2D eigenvalue weighted by molar-refractivity contribution is 0.187. The van der Waals surface area contributed by atoms with Crippen molar-refractivity contribution in [3.05, 3.63) is 35.6 Å². The van der Waals surface area contributed by atoms with Crippen molar-refractivity contribution < 1.29 is 5.11 Å². The fourth-order valence-corrected chi connectivity index (χ4v) is 2.50. The Morgan fingerprint density at radius 1 is 1.36 bits per heavy atom. The molecule has 0 fully saturated rings. The van der Waals surface area contributed by atoms with Crippen molar-refractivity contribution in [3.63, 3.8) is 0 Å². The number of allylic oxidation sites excluding steroid dienone is 5. The number of rotatable bonds is 0. The van der Waals surface area contributed by atoms with Gasteiger partial charge in [-0.25, -0.2) is 0 Å². The summed E-state index contributed by atoms with van der Waals surface area (Å²) in [5.41, 5.74) is 3.41. The molecular formula is C12H13NO. The first-order valence-corrected chi connectivity index (χ1v) is 5.21. The smallest absolute Gasteiger partial charge is 0.0959 e. The summed E-state index contributed by atoms with van der Waals surface area (Å²) < 4.78 is 0. The monoisotopic (exact) mass is 187 g/mol. The first-order valence-electron chi connectivity index (χ1n) is 5.21. The molecule has 2 atom stereocenters. The molecule has 0 amide bonds. The van der Waals surface area contributed by atoms with Crippen LogP contribution in [0.4, 0.5) is 0 Å². The van der Waals surface area contributed by atoms with Gasteiger partial charge in [-0.15, -0.1) is 0 Å². The number of aliphatic hydroxyl groups excluding tert-OH is 1. The second kappa shape index (κ2) is 2.92. The van der Waals surface area contributed by atoms with Crippen LogP contribution in [-0.4, -0.2) is 16.9 Å². The molecule has 2 heteroatoms. The molecule has 0 unspecified atom stereocenters. The predicted octanol–water partition coefficient (Wildman–Crippen LogP) is 1.98. The Morgan fingerprint density at radius 2 is 2.29 bits per heavy atom. The molecule has 1 aliphatic heterocycles. The summed E-state index contributed by atoms with van der Waals surface area (Å²) in [5.74, 6) is 0.366. The van der Waals surface area contributed by atoms with Crippen LogP contribution in [0.3, 0.4) is 0 Å². The average molecular weight is 187 g/mol. The molecule has 0 bridgehead atoms. The number of fused-ring (bicyclic) bond motifs is 2. The maximum absolute atomic E-state index is 9.81. The van der Waals surface area contributed by atoms with Crippen LogP contribution in [0.5, 0.6) is 0 Å². The summed E-state index contributed by atoms with van der Waals surface area (Å²) in [7, 11) is 0. The Labute approximate surface area is 83.4 Å². The van der Waals surface area contributed by atoms with Crippen LogP contribution in [0, 0.1) is 5.92 Å². The van der Waals surface area contributed by atoms with E-state index in [0.29, 0.717) is 5.92 Å². The van der Waals surface area contributed by atoms with Crippen molar-refractivity contribution in [1.82, 2.24) is 0 Å². The van der Waals surface area contributed by atoms with Crippen LogP contribution in [0.25, 0.3) is 0 Å². The van der Waals surface area contributed by atoms with E-state index in [4.69, 9.17) is 0 Å². The van der Waals surface area contributed by atoms with Gasteiger partial charge in [0.05, 0.1) is 17.5 Å². The van der Waals surface area contributed by atoms with E-state index in [1.54, 1.807) is 0 Å². The zero-order valence-electron chi connectivity index (χ0n) is 7.98. The fourth-order valence-electron chi connectivity index (χ4n) is 2.50. The third-order valence-electron chi connectivity index (χ3n) is 3.19. The van der Waals surface area contributed by atoms with Crippen LogP contribution < -0.4 is 0 Å². The lowest BCUT2D eigenvalue weighted by atomic mass is 9.84. The highest BCUT2D eigenvalue weighted by Gasteiger charge is 2.32. The third-order valence-corrected chi connectivity index (χ3v) is 3.19. The molecular weight excluding hydrogens is 174 g/mol. The lowest BCUT2D eigenvalue weighted by Gasteiger charge is -2.21. The van der Waals surface area contributed by atoms with Crippen LogP contribution in [0.1, 0.15) is 19.3 Å². The van der Waals surface area contributed by atoms with Gasteiger partial charge < -0.3 is 5.11 Å². The molecule has 2 aliphatic carbocycles. The van der Waals surface area contributed by atoms with Crippen molar-refractivity contribution in [2.45, 2.75) is 25.4 Å². The predicted molar refractivity (Wildman–Crippen MR) is 56.1 cm³/mol. The Balaban J connectivity index is 2.05. The molecule has 0 aromatic heterocycles. The molecule has 0 aromatic rings. The van der Waals surface area contributed by atoms with Gasteiger partial charge in [-0.2, -0.15) is 0 Å². The Kier molecular flexibility index (Phi) is 1.71. The zero-order valence-corrected chi connectivity index (χ0v) is 7.98. The molecule has 72 valence electrons. The van der Waals surface area contributed by atoms with Gasteiger partial charge in [-0.1, -0.05) is 18.2 Å². The lowest BCUT2D eigenvalue weighted by Crippen LogP contribution is -2.17. The molecule has 0 aromatic carbocycles. The van der Waals surface area contributed by atoms with E-state index in [-0.39, 0.29) is 6.10 Å². The molecule has 14 heavy (non-hydrogen) atoms. The zero-order chi connectivity index (χ0) is 9.54. The highest BCUT2D eigenvalue weighted by molar-refractivity contribution is 6.03. The average Bonchev–Trinajstić information content (AvgIpc) is 2.59. The molecule has 0 saturated heterocycles. The van der Waals surface area contributed by atoms with Crippen LogP contribution in [0.2, 0.25) is 0 Å². The van der Waals surface area contributed by atoms with Gasteiger partial charge in [0, 0.05) is 5.92 Å². The van der Waals surface area contributed by atoms with Gasteiger partial charge >= 0.3 is 0 Å². The van der Waals surface area contributed by atoms with Crippen molar-refractivity contribution in [2.75, 3.05) is 0 Å². The second-order valence-corrected chi connectivity index (χ2v) is 4.08. The molecule has 0 radical (unpaired) electrons. The van der Waals surface area contributed by atoms with Crippen LogP contribution in [-0.2, 0) is 0 Å². The minimum absolute atomic E-state index is 0.321. The van der Waals surface area contributed by atoms with Crippen molar-refractivity contribution in [3.8, 4) is 0 Å². The summed E-state index contributed by atoms with van der Waals surface area (Å²) in [6.45, 7) is 0. The third kappa shape index (κ3) is 1.04. The van der Waals surface area contributed by atoms with Crippen molar-refractivity contribution >= 4 is 5.71 Å². The normalized spacial score (nSPS) is 34.2. The molecule has 2 nitrogen and oxygen atoms in total. The highest BCUT2D eigenvalue weighted by atomic mass is 16.3. The SMILES string of the molecule is O[C@@H]1CCCC2=C1N=C1C=CC=C[C@@H]12. The minimum atomic E-state index is -0.321. The van der Waals surface area contributed by atoms with Gasteiger partial charge in [-0.05, 0) is 30.9 Å². The molecule has 1 heterocycles. The summed E-state index contributed by atoms with van der Waals surface area (Å²) in [4.78, 5) is 4.52. The standard InChI is InChI=1S/C12H13NO/c14-11-7-3-5-9-8-4-1-2-6-10(8)13-12(9)11/h1-2,4,6,8,11,14H,3,5,7H2/t8-,11-/m1/s1. The van der Waals surface area contributed by atoms with Crippen LogP contribution in [0.15, 0.2) is 40.6 Å². The quantitative estimate of drug-likeness (QED) is 0.618. The van der Waals surface area contributed by atoms with Gasteiger partial charge in [0.15, 0.2) is 0 Å². The molecule has 3 aliphatic rings. The van der Waals surface area contributed by atoms with Crippen LogP contribution >= 0.6 is 0 Å². The maximum Gasteiger partial charge on any atom is 0.0959 e.